The quantitative estimate of drug-likeness (QED) is 0.394. The van der Waals surface area contributed by atoms with Gasteiger partial charge in [-0.15, -0.1) is 0 Å². The predicted octanol–water partition coefficient (Wildman–Crippen LogP) is 6.18. The fraction of sp³-hybridized carbons (Fsp3) is 0.900. The lowest BCUT2D eigenvalue weighted by atomic mass is 9.32. The Kier molecular flexibility index (Phi) is 5.40. The zero-order valence-corrected chi connectivity index (χ0v) is 21.8. The van der Waals surface area contributed by atoms with Gasteiger partial charge in [-0.3, -0.25) is 4.79 Å². The molecule has 0 aromatic rings. The molecule has 0 radical (unpaired) electrons. The number of aliphatic hydroxyl groups excluding tert-OH is 2. The Balaban J connectivity index is 1.55. The maximum absolute atomic E-state index is 11.8. The Morgan fingerprint density at radius 2 is 1.61 bits per heavy atom. The number of hydrogen-bond donors (Lipinski definition) is 2. The lowest BCUT2D eigenvalue weighted by Crippen LogP contribution is -2.66. The molecule has 5 saturated carbocycles. The number of rotatable bonds is 3. The van der Waals surface area contributed by atoms with Gasteiger partial charge in [0.25, 0.3) is 0 Å². The van der Waals surface area contributed by atoms with Crippen molar-refractivity contribution in [1.82, 2.24) is 0 Å². The topological polar surface area (TPSA) is 57.5 Å². The molecule has 1 unspecified atom stereocenters. The first-order chi connectivity index (χ1) is 15.4. The molecule has 0 aromatic heterocycles. The number of aldehydes is 1. The fourth-order valence-corrected chi connectivity index (χ4v) is 11.5. The molecule has 0 heterocycles. The van der Waals surface area contributed by atoms with E-state index in [0.717, 1.165) is 44.0 Å². The third kappa shape index (κ3) is 2.85. The first-order valence-corrected chi connectivity index (χ1v) is 13.8. The molecule has 0 aromatic carbocycles. The zero-order valence-electron chi connectivity index (χ0n) is 21.8. The highest BCUT2D eigenvalue weighted by Gasteiger charge is 2.70. The van der Waals surface area contributed by atoms with Crippen molar-refractivity contribution in [3.05, 3.63) is 12.2 Å². The van der Waals surface area contributed by atoms with Crippen LogP contribution in [0.4, 0.5) is 0 Å². The standard InChI is InChI=1S/C30H48O3/c1-19(17-31)20-9-14-30(18-32)16-15-28(5)21(25(20)30)7-8-23-27(4)12-11-24(33)26(2,3)22(27)10-13-29(23,28)6/h17,20-25,32-33H,1,7-16,18H2,2-6H3/t20-,21+,22-,23+,24?,25+,27-,28+,29+,30+/m0/s1. The van der Waals surface area contributed by atoms with Crippen LogP contribution >= 0.6 is 0 Å². The Morgan fingerprint density at radius 1 is 0.879 bits per heavy atom. The van der Waals surface area contributed by atoms with Crippen LogP contribution in [0, 0.1) is 56.7 Å². The van der Waals surface area contributed by atoms with Crippen molar-refractivity contribution in [2.75, 3.05) is 6.61 Å². The molecule has 5 aliphatic carbocycles. The SMILES string of the molecule is C=C(C=O)[C@@H]1CC[C@]2(CO)CC[C@]3(C)[C@H](CC[C@@H]4[C@@]5(C)CCC(O)C(C)(C)[C@@H]5CC[C@]43C)[C@@H]12. The van der Waals surface area contributed by atoms with Gasteiger partial charge < -0.3 is 10.2 Å². The van der Waals surface area contributed by atoms with Crippen LogP contribution in [-0.4, -0.2) is 29.2 Å². The van der Waals surface area contributed by atoms with E-state index in [9.17, 15) is 15.0 Å². The second-order valence-corrected chi connectivity index (χ2v) is 14.4. The summed E-state index contributed by atoms with van der Waals surface area (Å²) >= 11 is 0. The van der Waals surface area contributed by atoms with E-state index < -0.39 is 0 Å². The highest BCUT2D eigenvalue weighted by atomic mass is 16.3. The first-order valence-electron chi connectivity index (χ1n) is 13.8. The van der Waals surface area contributed by atoms with Crippen LogP contribution in [0.2, 0.25) is 0 Å². The molecule has 33 heavy (non-hydrogen) atoms. The molecule has 2 N–H and O–H groups in total. The average molecular weight is 457 g/mol. The van der Waals surface area contributed by atoms with Crippen molar-refractivity contribution in [2.45, 2.75) is 105 Å². The van der Waals surface area contributed by atoms with Crippen LogP contribution in [0.25, 0.3) is 0 Å². The Bertz CT molecular complexity index is 832. The number of aliphatic hydroxyl groups is 2. The van der Waals surface area contributed by atoms with Gasteiger partial charge in [0.15, 0.2) is 0 Å². The van der Waals surface area contributed by atoms with Crippen molar-refractivity contribution >= 4 is 6.29 Å². The fourth-order valence-electron chi connectivity index (χ4n) is 11.5. The van der Waals surface area contributed by atoms with Crippen molar-refractivity contribution in [3.63, 3.8) is 0 Å². The van der Waals surface area contributed by atoms with Crippen LogP contribution in [0.5, 0.6) is 0 Å². The van der Waals surface area contributed by atoms with E-state index in [0.29, 0.717) is 23.7 Å². The molecule has 0 amide bonds. The minimum atomic E-state index is -0.180. The van der Waals surface area contributed by atoms with Gasteiger partial charge in [0.05, 0.1) is 6.10 Å². The van der Waals surface area contributed by atoms with Crippen molar-refractivity contribution in [3.8, 4) is 0 Å². The molecule has 0 bridgehead atoms. The summed E-state index contributed by atoms with van der Waals surface area (Å²) in [6, 6.07) is 0. The zero-order chi connectivity index (χ0) is 24.0. The van der Waals surface area contributed by atoms with Crippen LogP contribution in [0.3, 0.4) is 0 Å². The first kappa shape index (κ1) is 24.0. The van der Waals surface area contributed by atoms with E-state index in [1.165, 1.54) is 32.1 Å². The molecular formula is C30H48O3. The summed E-state index contributed by atoms with van der Waals surface area (Å²) in [6.07, 6.45) is 12.2. The van der Waals surface area contributed by atoms with Gasteiger partial charge in [-0.25, -0.2) is 0 Å². The molecule has 5 aliphatic rings. The minimum Gasteiger partial charge on any atom is -0.396 e. The summed E-state index contributed by atoms with van der Waals surface area (Å²) in [5.74, 6) is 2.47. The van der Waals surface area contributed by atoms with Gasteiger partial charge in [0.1, 0.15) is 6.29 Å². The van der Waals surface area contributed by atoms with E-state index in [1.54, 1.807) is 0 Å². The monoisotopic (exact) mass is 456 g/mol. The van der Waals surface area contributed by atoms with Crippen molar-refractivity contribution < 1.29 is 15.0 Å². The van der Waals surface area contributed by atoms with Gasteiger partial charge in [0, 0.05) is 6.61 Å². The normalized spacial score (nSPS) is 55.0. The van der Waals surface area contributed by atoms with E-state index >= 15 is 0 Å². The largest absolute Gasteiger partial charge is 0.396 e. The molecule has 3 nitrogen and oxygen atoms in total. The maximum atomic E-state index is 11.8. The lowest BCUT2D eigenvalue weighted by Gasteiger charge is -2.73. The van der Waals surface area contributed by atoms with E-state index in [2.05, 4.69) is 41.2 Å². The Hall–Kier alpha value is -0.670. The van der Waals surface area contributed by atoms with Gasteiger partial charge in [-0.1, -0.05) is 41.2 Å². The van der Waals surface area contributed by atoms with Crippen LogP contribution in [0.1, 0.15) is 98.8 Å². The summed E-state index contributed by atoms with van der Waals surface area (Å²) in [6.45, 7) is 16.9. The smallest absolute Gasteiger partial charge is 0.145 e. The summed E-state index contributed by atoms with van der Waals surface area (Å²) in [5, 5.41) is 21.5. The molecule has 5 fully saturated rings. The molecule has 3 heteroatoms. The van der Waals surface area contributed by atoms with Crippen LogP contribution in [-0.2, 0) is 4.79 Å². The van der Waals surface area contributed by atoms with Gasteiger partial charge >= 0.3 is 0 Å². The van der Waals surface area contributed by atoms with E-state index in [1.807, 2.05) is 0 Å². The molecular weight excluding hydrogens is 408 g/mol. The van der Waals surface area contributed by atoms with E-state index in [4.69, 9.17) is 0 Å². The Labute approximate surface area is 201 Å². The van der Waals surface area contributed by atoms with Crippen molar-refractivity contribution in [2.24, 2.45) is 56.7 Å². The third-order valence-corrected chi connectivity index (χ3v) is 13.5. The molecule has 0 saturated heterocycles. The molecule has 10 atom stereocenters. The lowest BCUT2D eigenvalue weighted by molar-refractivity contribution is -0.249. The number of carbonyl (C=O) groups is 1. The van der Waals surface area contributed by atoms with Gasteiger partial charge in [0.2, 0.25) is 0 Å². The highest BCUT2D eigenvalue weighted by molar-refractivity contribution is 5.73. The summed E-state index contributed by atoms with van der Waals surface area (Å²) < 4.78 is 0. The van der Waals surface area contributed by atoms with Gasteiger partial charge in [-0.05, 0) is 126 Å². The molecule has 186 valence electrons. The molecule has 0 spiro atoms. The summed E-state index contributed by atoms with van der Waals surface area (Å²) in [4.78, 5) is 11.8. The van der Waals surface area contributed by atoms with E-state index in [-0.39, 0.29) is 45.7 Å². The van der Waals surface area contributed by atoms with Crippen LogP contribution in [0.15, 0.2) is 12.2 Å². The van der Waals surface area contributed by atoms with Gasteiger partial charge in [-0.2, -0.15) is 0 Å². The summed E-state index contributed by atoms with van der Waals surface area (Å²) in [7, 11) is 0. The minimum absolute atomic E-state index is 0.0110. The van der Waals surface area contributed by atoms with Crippen LogP contribution < -0.4 is 0 Å². The number of allylic oxidation sites excluding steroid dienone is 1. The number of carbonyl (C=O) groups excluding carboxylic acids is 1. The average Bonchev–Trinajstić information content (AvgIpc) is 3.17. The van der Waals surface area contributed by atoms with Crippen molar-refractivity contribution in [1.29, 1.82) is 0 Å². The number of hydrogen-bond acceptors (Lipinski definition) is 3. The molecule has 5 rings (SSSR count). The highest BCUT2D eigenvalue weighted by Crippen LogP contribution is 2.77. The second-order valence-electron chi connectivity index (χ2n) is 14.4. The Morgan fingerprint density at radius 3 is 2.27 bits per heavy atom. The second kappa shape index (κ2) is 7.42. The molecule has 0 aliphatic heterocycles. The third-order valence-electron chi connectivity index (χ3n) is 13.5. The maximum Gasteiger partial charge on any atom is 0.145 e. The predicted molar refractivity (Wildman–Crippen MR) is 132 cm³/mol. The summed E-state index contributed by atoms with van der Waals surface area (Å²) in [5.41, 5.74) is 1.54. The number of fused-ring (bicyclic) bond motifs is 7.